The molecule has 33 heavy (non-hydrogen) atoms. The number of amidine groups is 1. The summed E-state index contributed by atoms with van der Waals surface area (Å²) in [6, 6.07) is 13.2. The Morgan fingerprint density at radius 3 is 2.45 bits per heavy atom. The second kappa shape index (κ2) is 11.6. The standard InChI is InChI=1S/C25H28N2O5S/c1-5-27-24(29)22(33-25(27)26-19-11-8-17(4)9-12-19)15-18-10-13-20(21(14-18)30-6-2)32-16-23(28)31-7-3/h8-15H,5-7,16H2,1-4H3/b22-15+,26-25?. The average molecular weight is 469 g/mol. The number of amides is 1. The molecule has 0 N–H and O–H groups in total. The zero-order valence-electron chi connectivity index (χ0n) is 19.3. The van der Waals surface area contributed by atoms with Crippen molar-refractivity contribution in [2.24, 2.45) is 4.99 Å². The van der Waals surface area contributed by atoms with Gasteiger partial charge in [-0.15, -0.1) is 0 Å². The van der Waals surface area contributed by atoms with Crippen molar-refractivity contribution in [3.05, 3.63) is 58.5 Å². The minimum absolute atomic E-state index is 0.0889. The van der Waals surface area contributed by atoms with E-state index in [0.29, 0.717) is 41.3 Å². The monoisotopic (exact) mass is 468 g/mol. The largest absolute Gasteiger partial charge is 0.490 e. The second-order valence-electron chi connectivity index (χ2n) is 7.12. The molecule has 1 amide bonds. The molecule has 0 radical (unpaired) electrons. The molecule has 0 aromatic heterocycles. The molecular weight excluding hydrogens is 440 g/mol. The second-order valence-corrected chi connectivity index (χ2v) is 8.13. The third-order valence-corrected chi connectivity index (χ3v) is 5.69. The predicted octanol–water partition coefficient (Wildman–Crippen LogP) is 4.96. The van der Waals surface area contributed by atoms with Crippen LogP contribution in [0.1, 0.15) is 31.9 Å². The summed E-state index contributed by atoms with van der Waals surface area (Å²) in [7, 11) is 0. The molecular formula is C25H28N2O5S. The molecule has 2 aromatic carbocycles. The van der Waals surface area contributed by atoms with Crippen LogP contribution in [0.2, 0.25) is 0 Å². The molecule has 0 saturated carbocycles. The van der Waals surface area contributed by atoms with E-state index >= 15 is 0 Å². The van der Waals surface area contributed by atoms with Crippen LogP contribution in [0.3, 0.4) is 0 Å². The van der Waals surface area contributed by atoms with Crippen molar-refractivity contribution in [2.75, 3.05) is 26.4 Å². The molecule has 1 heterocycles. The van der Waals surface area contributed by atoms with E-state index in [1.54, 1.807) is 24.0 Å². The fourth-order valence-electron chi connectivity index (χ4n) is 3.09. The van der Waals surface area contributed by atoms with Crippen LogP contribution in [0, 0.1) is 6.92 Å². The highest BCUT2D eigenvalue weighted by molar-refractivity contribution is 8.18. The Balaban J connectivity index is 1.83. The summed E-state index contributed by atoms with van der Waals surface area (Å²) in [5.41, 5.74) is 2.74. The van der Waals surface area contributed by atoms with E-state index in [0.717, 1.165) is 16.8 Å². The van der Waals surface area contributed by atoms with Crippen LogP contribution < -0.4 is 9.47 Å². The number of benzene rings is 2. The number of aliphatic imine (C=N–C) groups is 1. The molecule has 2 aromatic rings. The first kappa shape index (κ1) is 24.4. The molecule has 1 fully saturated rings. The smallest absolute Gasteiger partial charge is 0.344 e. The van der Waals surface area contributed by atoms with Crippen molar-refractivity contribution in [1.29, 1.82) is 0 Å². The van der Waals surface area contributed by atoms with Crippen LogP contribution in [0.4, 0.5) is 5.69 Å². The van der Waals surface area contributed by atoms with Gasteiger partial charge in [0.05, 0.1) is 23.8 Å². The molecule has 1 aliphatic rings. The van der Waals surface area contributed by atoms with Gasteiger partial charge in [0.25, 0.3) is 5.91 Å². The number of nitrogens with zero attached hydrogens (tertiary/aromatic N) is 2. The summed E-state index contributed by atoms with van der Waals surface area (Å²) in [4.78, 5) is 31.5. The van der Waals surface area contributed by atoms with Gasteiger partial charge in [0, 0.05) is 6.54 Å². The van der Waals surface area contributed by atoms with Gasteiger partial charge < -0.3 is 14.2 Å². The van der Waals surface area contributed by atoms with Crippen LogP contribution >= 0.6 is 11.8 Å². The Morgan fingerprint density at radius 1 is 1.03 bits per heavy atom. The lowest BCUT2D eigenvalue weighted by Gasteiger charge is -2.12. The average Bonchev–Trinajstić information content (AvgIpc) is 3.09. The van der Waals surface area contributed by atoms with E-state index in [-0.39, 0.29) is 12.5 Å². The van der Waals surface area contributed by atoms with E-state index in [2.05, 4.69) is 4.99 Å². The summed E-state index contributed by atoms with van der Waals surface area (Å²) in [6.45, 7) is 8.60. The fraction of sp³-hybridized carbons (Fsp3) is 0.320. The highest BCUT2D eigenvalue weighted by atomic mass is 32.2. The number of hydrogen-bond donors (Lipinski definition) is 0. The molecule has 0 aliphatic carbocycles. The van der Waals surface area contributed by atoms with Crippen molar-refractivity contribution in [2.45, 2.75) is 27.7 Å². The zero-order chi connectivity index (χ0) is 23.8. The topological polar surface area (TPSA) is 77.4 Å². The number of esters is 1. The molecule has 8 heteroatoms. The van der Waals surface area contributed by atoms with E-state index in [4.69, 9.17) is 14.2 Å². The number of likely N-dealkylation sites (N-methyl/N-ethyl adjacent to an activating group) is 1. The minimum Gasteiger partial charge on any atom is -0.490 e. The highest BCUT2D eigenvalue weighted by Crippen LogP contribution is 2.36. The summed E-state index contributed by atoms with van der Waals surface area (Å²) in [5.74, 6) is 0.398. The van der Waals surface area contributed by atoms with Gasteiger partial charge in [-0.25, -0.2) is 9.79 Å². The molecule has 174 valence electrons. The molecule has 3 rings (SSSR count). The summed E-state index contributed by atoms with van der Waals surface area (Å²) < 4.78 is 16.1. The summed E-state index contributed by atoms with van der Waals surface area (Å²) in [6.07, 6.45) is 1.81. The number of thioether (sulfide) groups is 1. The van der Waals surface area contributed by atoms with Crippen molar-refractivity contribution in [1.82, 2.24) is 4.90 Å². The third-order valence-electron chi connectivity index (χ3n) is 4.68. The molecule has 0 bridgehead atoms. The third kappa shape index (κ3) is 6.38. The van der Waals surface area contributed by atoms with Crippen LogP contribution in [-0.4, -0.2) is 48.3 Å². The van der Waals surface area contributed by atoms with Gasteiger partial charge in [-0.1, -0.05) is 23.8 Å². The van der Waals surface area contributed by atoms with Crippen LogP contribution in [0.25, 0.3) is 6.08 Å². The van der Waals surface area contributed by atoms with Gasteiger partial charge in [0.1, 0.15) is 0 Å². The Kier molecular flexibility index (Phi) is 8.54. The molecule has 0 spiro atoms. The van der Waals surface area contributed by atoms with Crippen molar-refractivity contribution in [3.8, 4) is 11.5 Å². The Bertz CT molecular complexity index is 1060. The van der Waals surface area contributed by atoms with Gasteiger partial charge in [-0.2, -0.15) is 0 Å². The maximum atomic E-state index is 13.0. The molecule has 0 unspecified atom stereocenters. The molecule has 7 nitrogen and oxygen atoms in total. The van der Waals surface area contributed by atoms with Gasteiger partial charge >= 0.3 is 5.97 Å². The van der Waals surface area contributed by atoms with E-state index in [1.807, 2.05) is 57.2 Å². The Morgan fingerprint density at radius 2 is 1.79 bits per heavy atom. The molecule has 1 aliphatic heterocycles. The minimum atomic E-state index is -0.445. The normalized spacial score (nSPS) is 15.9. The van der Waals surface area contributed by atoms with Crippen LogP contribution in [0.5, 0.6) is 11.5 Å². The van der Waals surface area contributed by atoms with Crippen LogP contribution in [-0.2, 0) is 14.3 Å². The molecule has 0 atom stereocenters. The number of carbonyl (C=O) groups is 2. The summed E-state index contributed by atoms with van der Waals surface area (Å²) >= 11 is 1.34. The number of ether oxygens (including phenoxy) is 3. The lowest BCUT2D eigenvalue weighted by atomic mass is 10.2. The van der Waals surface area contributed by atoms with Gasteiger partial charge in [-0.05, 0) is 75.4 Å². The summed E-state index contributed by atoms with van der Waals surface area (Å²) in [5, 5.41) is 0.650. The Labute approximate surface area is 198 Å². The number of hydrogen-bond acceptors (Lipinski definition) is 7. The lowest BCUT2D eigenvalue weighted by molar-refractivity contribution is -0.145. The predicted molar refractivity (Wildman–Crippen MR) is 131 cm³/mol. The zero-order valence-corrected chi connectivity index (χ0v) is 20.1. The lowest BCUT2D eigenvalue weighted by Crippen LogP contribution is -2.28. The quantitative estimate of drug-likeness (QED) is 0.382. The van der Waals surface area contributed by atoms with Crippen molar-refractivity contribution in [3.63, 3.8) is 0 Å². The Hall–Kier alpha value is -3.26. The first-order valence-corrected chi connectivity index (χ1v) is 11.7. The highest BCUT2D eigenvalue weighted by Gasteiger charge is 2.32. The van der Waals surface area contributed by atoms with Gasteiger partial charge in [0.2, 0.25) is 0 Å². The first-order chi connectivity index (χ1) is 15.9. The SMILES string of the molecule is CCOC(=O)COc1ccc(/C=C2/SC(=Nc3ccc(C)cc3)N(CC)C2=O)cc1OCC. The fourth-order valence-corrected chi connectivity index (χ4v) is 4.16. The van der Waals surface area contributed by atoms with E-state index in [9.17, 15) is 9.59 Å². The van der Waals surface area contributed by atoms with Crippen molar-refractivity contribution < 1.29 is 23.8 Å². The van der Waals surface area contributed by atoms with Gasteiger partial charge in [-0.3, -0.25) is 9.69 Å². The van der Waals surface area contributed by atoms with Crippen molar-refractivity contribution >= 4 is 40.6 Å². The number of aryl methyl sites for hydroxylation is 1. The number of rotatable bonds is 9. The van der Waals surface area contributed by atoms with E-state index < -0.39 is 5.97 Å². The van der Waals surface area contributed by atoms with E-state index in [1.165, 1.54) is 11.8 Å². The maximum absolute atomic E-state index is 13.0. The van der Waals surface area contributed by atoms with Gasteiger partial charge in [0.15, 0.2) is 23.3 Å². The first-order valence-electron chi connectivity index (χ1n) is 10.9. The van der Waals surface area contributed by atoms with Crippen LogP contribution in [0.15, 0.2) is 52.4 Å². The number of carbonyl (C=O) groups excluding carboxylic acids is 2. The maximum Gasteiger partial charge on any atom is 0.344 e. The molecule has 1 saturated heterocycles.